The molecule has 2 N–H and O–H groups in total. The van der Waals surface area contributed by atoms with Gasteiger partial charge in [0.2, 0.25) is 0 Å². The molecule has 0 saturated heterocycles. The van der Waals surface area contributed by atoms with E-state index in [4.69, 9.17) is 0 Å². The van der Waals surface area contributed by atoms with E-state index in [1.807, 2.05) is 37.6 Å². The van der Waals surface area contributed by atoms with Crippen LogP contribution >= 0.6 is 12.1 Å². The van der Waals surface area contributed by atoms with E-state index in [0.717, 1.165) is 17.2 Å². The number of aryl methyl sites for hydroxylation is 2. The van der Waals surface area contributed by atoms with Gasteiger partial charge in [0, 0.05) is 18.3 Å². The van der Waals surface area contributed by atoms with Gasteiger partial charge in [-0.2, -0.15) is 0 Å². The molecule has 0 amide bonds. The molecule has 2 aromatic rings. The fourth-order valence-corrected chi connectivity index (χ4v) is 1.78. The third-order valence-corrected chi connectivity index (χ3v) is 2.60. The molecule has 80 valence electrons. The van der Waals surface area contributed by atoms with Crippen molar-refractivity contribution in [3.05, 3.63) is 23.7 Å². The number of hydrogen-bond acceptors (Lipinski definition) is 5. The molecule has 0 aliphatic carbocycles. The Morgan fingerprint density at radius 2 is 2.13 bits per heavy atom. The molecule has 2 rings (SSSR count). The van der Waals surface area contributed by atoms with Gasteiger partial charge in [-0.15, -0.1) is 10.2 Å². The summed E-state index contributed by atoms with van der Waals surface area (Å²) in [6, 6.07) is 2.05. The van der Waals surface area contributed by atoms with Crippen molar-refractivity contribution < 1.29 is 0 Å². The lowest BCUT2D eigenvalue weighted by Gasteiger charge is -2.06. The summed E-state index contributed by atoms with van der Waals surface area (Å²) in [7, 11) is 1.86. The summed E-state index contributed by atoms with van der Waals surface area (Å²) >= 11 is 1.41. The Labute approximate surface area is 92.5 Å². The van der Waals surface area contributed by atoms with Crippen molar-refractivity contribution >= 4 is 23.5 Å². The van der Waals surface area contributed by atoms with E-state index in [1.165, 1.54) is 17.7 Å². The lowest BCUT2D eigenvalue weighted by atomic mass is 10.3. The number of nitrogens with zero attached hydrogens (tertiary/aromatic N) is 3. The van der Waals surface area contributed by atoms with Crippen molar-refractivity contribution in [2.45, 2.75) is 13.8 Å². The van der Waals surface area contributed by atoms with Crippen LogP contribution in [0.25, 0.3) is 5.65 Å². The van der Waals surface area contributed by atoms with Crippen molar-refractivity contribution in [1.82, 2.24) is 19.3 Å². The Morgan fingerprint density at radius 1 is 1.33 bits per heavy atom. The minimum Gasteiger partial charge on any atom is -0.313 e. The molecule has 0 radical (unpaired) electrons. The van der Waals surface area contributed by atoms with E-state index >= 15 is 0 Å². The zero-order valence-corrected chi connectivity index (χ0v) is 9.72. The van der Waals surface area contributed by atoms with E-state index in [9.17, 15) is 0 Å². The average Bonchev–Trinajstić information content (AvgIpc) is 2.57. The largest absolute Gasteiger partial charge is 0.313 e. The molecule has 6 heteroatoms. The van der Waals surface area contributed by atoms with E-state index in [1.54, 1.807) is 0 Å². The Hall–Kier alpha value is -1.27. The Morgan fingerprint density at radius 3 is 2.87 bits per heavy atom. The number of pyridine rings is 1. The number of hydrogen-bond donors (Lipinski definition) is 2. The minimum atomic E-state index is 0.848. The fraction of sp³-hybridized carbons (Fsp3) is 0.333. The molecule has 15 heavy (non-hydrogen) atoms. The molecule has 2 heterocycles. The van der Waals surface area contributed by atoms with Gasteiger partial charge in [0.25, 0.3) is 0 Å². The van der Waals surface area contributed by atoms with Crippen LogP contribution < -0.4 is 9.44 Å². The van der Waals surface area contributed by atoms with Crippen LogP contribution in [-0.4, -0.2) is 21.6 Å². The Bertz CT molecular complexity index is 479. The second kappa shape index (κ2) is 4.08. The molecule has 2 aromatic heterocycles. The lowest BCUT2D eigenvalue weighted by Crippen LogP contribution is -2.01. The van der Waals surface area contributed by atoms with Crippen LogP contribution in [0.15, 0.2) is 12.3 Å². The van der Waals surface area contributed by atoms with Gasteiger partial charge in [-0.25, -0.2) is 4.72 Å². The van der Waals surface area contributed by atoms with E-state index < -0.39 is 0 Å². The van der Waals surface area contributed by atoms with Crippen LogP contribution in [0.4, 0.5) is 5.69 Å². The van der Waals surface area contributed by atoms with Crippen LogP contribution in [0.5, 0.6) is 0 Å². The highest BCUT2D eigenvalue weighted by atomic mass is 32.2. The Balaban J connectivity index is 2.52. The van der Waals surface area contributed by atoms with Crippen LogP contribution in [0.3, 0.4) is 0 Å². The second-order valence-corrected chi connectivity index (χ2v) is 4.10. The number of aromatic nitrogens is 3. The lowest BCUT2D eigenvalue weighted by molar-refractivity contribution is 1.00. The minimum absolute atomic E-state index is 0.848. The molecule has 0 aromatic carbocycles. The maximum absolute atomic E-state index is 4.12. The zero-order valence-electron chi connectivity index (χ0n) is 8.90. The quantitative estimate of drug-likeness (QED) is 0.773. The van der Waals surface area contributed by atoms with Gasteiger partial charge < -0.3 is 4.72 Å². The van der Waals surface area contributed by atoms with Crippen molar-refractivity contribution in [1.29, 1.82) is 0 Å². The normalized spacial score (nSPS) is 10.9. The molecule has 5 nitrogen and oxygen atoms in total. The van der Waals surface area contributed by atoms with Crippen molar-refractivity contribution in [3.8, 4) is 0 Å². The molecule has 0 aliphatic heterocycles. The number of nitrogens with one attached hydrogen (secondary N) is 2. The number of anilines is 1. The van der Waals surface area contributed by atoms with Gasteiger partial charge in [0.15, 0.2) is 5.65 Å². The highest BCUT2D eigenvalue weighted by Gasteiger charge is 2.07. The first-order valence-corrected chi connectivity index (χ1v) is 5.44. The van der Waals surface area contributed by atoms with Crippen molar-refractivity contribution in [3.63, 3.8) is 0 Å². The van der Waals surface area contributed by atoms with Gasteiger partial charge in [-0.3, -0.25) is 4.40 Å². The van der Waals surface area contributed by atoms with E-state index in [2.05, 4.69) is 19.6 Å². The first-order chi connectivity index (χ1) is 7.22. The molecule has 0 fully saturated rings. The van der Waals surface area contributed by atoms with E-state index in [0.29, 0.717) is 0 Å². The fourth-order valence-electron chi connectivity index (χ4n) is 1.42. The molecule has 0 aliphatic rings. The predicted octanol–water partition coefficient (Wildman–Crippen LogP) is 1.54. The smallest absolute Gasteiger partial charge is 0.185 e. The van der Waals surface area contributed by atoms with Gasteiger partial charge in [-0.1, -0.05) is 0 Å². The molecule has 0 atom stereocenters. The monoisotopic (exact) mass is 223 g/mol. The summed E-state index contributed by atoms with van der Waals surface area (Å²) in [5, 5.41) is 8.17. The van der Waals surface area contributed by atoms with Crippen LogP contribution in [0, 0.1) is 13.8 Å². The highest BCUT2D eigenvalue weighted by molar-refractivity contribution is 7.98. The van der Waals surface area contributed by atoms with Crippen LogP contribution in [-0.2, 0) is 0 Å². The first kappa shape index (κ1) is 10.3. The average molecular weight is 223 g/mol. The Kier molecular flexibility index (Phi) is 2.79. The van der Waals surface area contributed by atoms with Gasteiger partial charge in [0.05, 0.1) is 5.69 Å². The maximum atomic E-state index is 4.12. The second-order valence-electron chi connectivity index (χ2n) is 3.28. The maximum Gasteiger partial charge on any atom is 0.185 e. The van der Waals surface area contributed by atoms with Crippen molar-refractivity contribution in [2.75, 3.05) is 11.8 Å². The van der Waals surface area contributed by atoms with Crippen molar-refractivity contribution in [2.24, 2.45) is 0 Å². The van der Waals surface area contributed by atoms with Gasteiger partial charge in [0.1, 0.15) is 5.82 Å². The molecular weight excluding hydrogens is 210 g/mol. The summed E-state index contributed by atoms with van der Waals surface area (Å²) < 4.78 is 8.11. The third kappa shape index (κ3) is 1.91. The summed E-state index contributed by atoms with van der Waals surface area (Å²) in [5.41, 5.74) is 2.99. The molecule has 0 bridgehead atoms. The topological polar surface area (TPSA) is 54.2 Å². The van der Waals surface area contributed by atoms with Gasteiger partial charge >= 0.3 is 0 Å². The third-order valence-electron chi connectivity index (χ3n) is 2.07. The standard InChI is InChI=1S/C9H13N5S/c1-6-4-8(13-15-10-3)9-12-11-7(2)14(9)5-6/h4-5,10,13H,1-3H3. The van der Waals surface area contributed by atoms with Crippen LogP contribution in [0.1, 0.15) is 11.4 Å². The summed E-state index contributed by atoms with van der Waals surface area (Å²) in [4.78, 5) is 0. The highest BCUT2D eigenvalue weighted by Crippen LogP contribution is 2.19. The molecular formula is C9H13N5S. The van der Waals surface area contributed by atoms with Gasteiger partial charge in [-0.05, 0) is 32.5 Å². The predicted molar refractivity (Wildman–Crippen MR) is 62.7 cm³/mol. The number of fused-ring (bicyclic) bond motifs is 1. The van der Waals surface area contributed by atoms with E-state index in [-0.39, 0.29) is 0 Å². The summed E-state index contributed by atoms with van der Waals surface area (Å²) in [6.45, 7) is 3.99. The first-order valence-electron chi connectivity index (χ1n) is 4.63. The molecule has 0 spiro atoms. The van der Waals surface area contributed by atoms with Crippen LogP contribution in [0.2, 0.25) is 0 Å². The number of rotatable bonds is 3. The zero-order chi connectivity index (χ0) is 10.8. The molecule has 0 unspecified atom stereocenters. The summed E-state index contributed by atoms with van der Waals surface area (Å²) in [5.74, 6) is 0.895. The SMILES string of the molecule is CNSNc1cc(C)cn2c(C)nnc12. The molecule has 0 saturated carbocycles. The summed E-state index contributed by atoms with van der Waals surface area (Å²) in [6.07, 6.45) is 2.03.